The van der Waals surface area contributed by atoms with Crippen LogP contribution in [0.2, 0.25) is 0 Å². The summed E-state index contributed by atoms with van der Waals surface area (Å²) < 4.78 is 9.20. The Kier molecular flexibility index (Phi) is 10.5. The molecular weight excluding hydrogens is 723 g/mol. The Balaban J connectivity index is 1.08. The van der Waals surface area contributed by atoms with E-state index in [9.17, 15) is 19.5 Å². The van der Waals surface area contributed by atoms with Gasteiger partial charge in [-0.25, -0.2) is 9.97 Å². The molecule has 0 saturated carbocycles. The lowest BCUT2D eigenvalue weighted by Crippen LogP contribution is -2.45. The lowest BCUT2D eigenvalue weighted by Gasteiger charge is -2.36. The predicted octanol–water partition coefficient (Wildman–Crippen LogP) is 4.87. The molecule has 0 radical (unpaired) electrons. The zero-order valence-electron chi connectivity index (χ0n) is 33.4. The molecule has 0 bridgehead atoms. The van der Waals surface area contributed by atoms with E-state index < -0.39 is 6.61 Å². The average molecular weight is 776 g/mol. The summed E-state index contributed by atoms with van der Waals surface area (Å²) in [5.74, 6) is -0.0627. The van der Waals surface area contributed by atoms with Crippen LogP contribution in [0.25, 0.3) is 11.3 Å². The van der Waals surface area contributed by atoms with Crippen molar-refractivity contribution < 1.29 is 19.4 Å². The Morgan fingerprint density at radius 3 is 2.67 bits per heavy atom. The van der Waals surface area contributed by atoms with E-state index in [4.69, 9.17) is 9.72 Å². The molecule has 2 amide bonds. The molecule has 2 fully saturated rings. The maximum absolute atomic E-state index is 14.0. The Labute approximate surface area is 333 Å². The number of aryl methyl sites for hydroxylation is 1. The second-order valence-corrected chi connectivity index (χ2v) is 16.6. The molecule has 1 atom stereocenters. The summed E-state index contributed by atoms with van der Waals surface area (Å²) in [7, 11) is 1.64. The summed E-state index contributed by atoms with van der Waals surface area (Å²) in [6.07, 6.45) is 9.39. The first-order chi connectivity index (χ1) is 27.4. The van der Waals surface area contributed by atoms with E-state index in [0.29, 0.717) is 58.8 Å². The molecule has 3 aromatic heterocycles. The Hall–Kier alpha value is -5.31. The Bertz CT molecular complexity index is 2270. The van der Waals surface area contributed by atoms with Gasteiger partial charge in [-0.05, 0) is 86.4 Å². The van der Waals surface area contributed by atoms with E-state index in [-0.39, 0.29) is 34.6 Å². The summed E-state index contributed by atoms with van der Waals surface area (Å²) in [6.45, 7) is 15.4. The van der Waals surface area contributed by atoms with Crippen molar-refractivity contribution in [3.05, 3.63) is 88.2 Å². The van der Waals surface area contributed by atoms with Gasteiger partial charge in [-0.3, -0.25) is 24.2 Å². The number of fused-ring (bicyclic) bond motifs is 3. The number of aromatic nitrogens is 4. The fraction of sp³-hybridized carbons (Fsp3) is 0.465. The van der Waals surface area contributed by atoms with Gasteiger partial charge in [0, 0.05) is 100.0 Å². The molecule has 1 aromatic carbocycles. The number of pyridine rings is 1. The standard InChI is InChI=1S/C43H53N9O5/c1-6-38(54)46-33-21-29(8-9-35(33)50-15-7-14-49(24-27(50)2)30-11-18-57-19-12-30)45-39-42(56)48(5)25-34(47-39)31-10-13-44-40(32(31)26-53)52-17-16-51-36(41(52)55)20-28-22-43(3,4)23-37(28)51/h6,8-10,13,20-21,25,27,30,53H,1,7,11-12,14-19,22-24,26H2,2-5H3,(H,45,47)(H,46,54)/t27-/m0/s1. The molecule has 3 N–H and O–H groups in total. The highest BCUT2D eigenvalue weighted by atomic mass is 16.5. The zero-order chi connectivity index (χ0) is 40.0. The molecule has 57 heavy (non-hydrogen) atoms. The molecule has 1 aliphatic carbocycles. The molecular formula is C43H53N9O5. The number of carbonyl (C=O) groups excluding carboxylic acids is 2. The van der Waals surface area contributed by atoms with Gasteiger partial charge in [0.1, 0.15) is 11.5 Å². The van der Waals surface area contributed by atoms with E-state index in [1.807, 2.05) is 24.3 Å². The number of aliphatic hydroxyl groups is 1. The van der Waals surface area contributed by atoms with Crippen molar-refractivity contribution in [1.29, 1.82) is 0 Å². The molecule has 0 spiro atoms. The molecule has 8 rings (SSSR count). The second kappa shape index (κ2) is 15.6. The van der Waals surface area contributed by atoms with Crippen LogP contribution >= 0.6 is 0 Å². The summed E-state index contributed by atoms with van der Waals surface area (Å²) in [6, 6.07) is 10.1. The number of hydrogen-bond acceptors (Lipinski definition) is 10. The van der Waals surface area contributed by atoms with Crippen LogP contribution in [-0.4, -0.2) is 92.4 Å². The minimum atomic E-state index is -0.392. The van der Waals surface area contributed by atoms with Crippen LogP contribution in [0, 0.1) is 5.41 Å². The lowest BCUT2D eigenvalue weighted by atomic mass is 9.90. The number of hydrogen-bond donors (Lipinski definition) is 3. The molecule has 2 saturated heterocycles. The third-order valence-corrected chi connectivity index (χ3v) is 12.0. The van der Waals surface area contributed by atoms with E-state index in [2.05, 4.69) is 57.3 Å². The number of amides is 2. The van der Waals surface area contributed by atoms with E-state index >= 15 is 0 Å². The van der Waals surface area contributed by atoms with Crippen LogP contribution in [0.5, 0.6) is 0 Å². The maximum Gasteiger partial charge on any atom is 0.293 e. The van der Waals surface area contributed by atoms with E-state index in [1.54, 1.807) is 30.4 Å². The molecule has 6 heterocycles. The number of benzene rings is 1. The molecule has 14 nitrogen and oxygen atoms in total. The zero-order valence-corrected chi connectivity index (χ0v) is 33.4. The summed E-state index contributed by atoms with van der Waals surface area (Å²) >= 11 is 0. The van der Waals surface area contributed by atoms with Gasteiger partial charge in [-0.15, -0.1) is 0 Å². The van der Waals surface area contributed by atoms with Crippen molar-refractivity contribution in [2.45, 2.75) is 78.1 Å². The normalized spacial score (nSPS) is 19.9. The predicted molar refractivity (Wildman–Crippen MR) is 221 cm³/mol. The van der Waals surface area contributed by atoms with Crippen molar-refractivity contribution in [2.75, 3.05) is 59.8 Å². The van der Waals surface area contributed by atoms with Crippen molar-refractivity contribution >= 4 is 40.5 Å². The lowest BCUT2D eigenvalue weighted by molar-refractivity contribution is -0.111. The molecule has 0 unspecified atom stereocenters. The van der Waals surface area contributed by atoms with Crippen LogP contribution in [0.1, 0.15) is 67.3 Å². The van der Waals surface area contributed by atoms with Crippen molar-refractivity contribution in [3.63, 3.8) is 0 Å². The van der Waals surface area contributed by atoms with Gasteiger partial charge in [-0.1, -0.05) is 20.4 Å². The minimum Gasteiger partial charge on any atom is -0.392 e. The van der Waals surface area contributed by atoms with Gasteiger partial charge >= 0.3 is 0 Å². The smallest absolute Gasteiger partial charge is 0.293 e. The molecule has 300 valence electrons. The minimum absolute atomic E-state index is 0.0607. The van der Waals surface area contributed by atoms with Gasteiger partial charge in [-0.2, -0.15) is 0 Å². The Morgan fingerprint density at radius 2 is 1.89 bits per heavy atom. The largest absolute Gasteiger partial charge is 0.392 e. The van der Waals surface area contributed by atoms with Crippen molar-refractivity contribution in [2.24, 2.45) is 12.5 Å². The molecule has 4 aromatic rings. The van der Waals surface area contributed by atoms with E-state index in [0.717, 1.165) is 70.6 Å². The summed E-state index contributed by atoms with van der Waals surface area (Å²) in [5.41, 5.74) is 6.37. The van der Waals surface area contributed by atoms with Crippen LogP contribution in [-0.2, 0) is 42.6 Å². The third-order valence-electron chi connectivity index (χ3n) is 12.0. The first-order valence-corrected chi connectivity index (χ1v) is 20.1. The van der Waals surface area contributed by atoms with Crippen molar-refractivity contribution in [1.82, 2.24) is 24.0 Å². The third kappa shape index (κ3) is 7.49. The highest BCUT2D eigenvalue weighted by molar-refractivity contribution is 6.06. The second-order valence-electron chi connectivity index (χ2n) is 16.6. The molecule has 14 heteroatoms. The van der Waals surface area contributed by atoms with Gasteiger partial charge < -0.3 is 34.5 Å². The number of aliphatic hydroxyl groups excluding tert-OH is 1. The molecule has 4 aliphatic rings. The fourth-order valence-electron chi connectivity index (χ4n) is 9.26. The summed E-state index contributed by atoms with van der Waals surface area (Å²) in [5, 5.41) is 17.0. The number of ether oxygens (including phenoxy) is 1. The first kappa shape index (κ1) is 38.6. The van der Waals surface area contributed by atoms with E-state index in [1.165, 1.54) is 21.9 Å². The number of carbonyl (C=O) groups is 2. The van der Waals surface area contributed by atoms with Crippen LogP contribution < -0.4 is 26.0 Å². The van der Waals surface area contributed by atoms with Crippen molar-refractivity contribution in [3.8, 4) is 11.3 Å². The fourth-order valence-corrected chi connectivity index (χ4v) is 9.26. The van der Waals surface area contributed by atoms with Crippen LogP contribution in [0.4, 0.5) is 28.7 Å². The Morgan fingerprint density at radius 1 is 1.09 bits per heavy atom. The average Bonchev–Trinajstić information content (AvgIpc) is 3.61. The SMILES string of the molecule is C=CC(=O)Nc1cc(Nc2nc(-c3ccnc(N4CCn5c(cc6c5CC(C)(C)C6)C4=O)c3CO)cn(C)c2=O)ccc1N1CCCN(C2CCOCC2)C[C@@H]1C. The molecule has 3 aliphatic heterocycles. The number of nitrogens with zero attached hydrogens (tertiary/aromatic N) is 7. The number of rotatable bonds is 9. The highest BCUT2D eigenvalue weighted by Crippen LogP contribution is 2.40. The topological polar surface area (TPSA) is 150 Å². The van der Waals surface area contributed by atoms with Gasteiger partial charge in [0.25, 0.3) is 11.5 Å². The van der Waals surface area contributed by atoms with Crippen LogP contribution in [0.15, 0.2) is 60.2 Å². The van der Waals surface area contributed by atoms with Gasteiger partial charge in [0.05, 0.1) is 23.7 Å². The number of anilines is 5. The quantitative estimate of drug-likeness (QED) is 0.201. The highest BCUT2D eigenvalue weighted by Gasteiger charge is 2.38. The van der Waals surface area contributed by atoms with Crippen LogP contribution in [0.3, 0.4) is 0 Å². The number of nitrogens with one attached hydrogen (secondary N) is 2. The summed E-state index contributed by atoms with van der Waals surface area (Å²) in [4.78, 5) is 56.2. The van der Waals surface area contributed by atoms with Gasteiger partial charge in [0.15, 0.2) is 5.82 Å². The maximum atomic E-state index is 14.0. The monoisotopic (exact) mass is 775 g/mol. The van der Waals surface area contributed by atoms with Gasteiger partial charge in [0.2, 0.25) is 5.91 Å². The first-order valence-electron chi connectivity index (χ1n) is 20.1.